The molecule has 1 aliphatic rings. The number of hydrogen-bond acceptors (Lipinski definition) is 4. The lowest BCUT2D eigenvalue weighted by atomic mass is 10.0. The standard InChI is InChI=1S/C14H21N3O2/c1-9-5-4-6-12(14(15)16-18)13(9)17-7-10(2)19-11(3)8-17/h4-6,10-11,18H,7-8H2,1-3H3,(H2,15,16)/t10-,11+. The van der Waals surface area contributed by atoms with Crippen LogP contribution in [0.5, 0.6) is 0 Å². The smallest absolute Gasteiger partial charge is 0.172 e. The summed E-state index contributed by atoms with van der Waals surface area (Å²) < 4.78 is 5.75. The maximum Gasteiger partial charge on any atom is 0.172 e. The van der Waals surface area contributed by atoms with E-state index in [4.69, 9.17) is 15.7 Å². The molecule has 0 unspecified atom stereocenters. The monoisotopic (exact) mass is 263 g/mol. The van der Waals surface area contributed by atoms with Crippen LogP contribution in [-0.4, -0.2) is 36.3 Å². The third kappa shape index (κ3) is 2.81. The zero-order chi connectivity index (χ0) is 14.0. The minimum absolute atomic E-state index is 0.144. The average Bonchev–Trinajstić information content (AvgIpc) is 2.36. The number of ether oxygens (including phenoxy) is 1. The third-order valence-corrected chi connectivity index (χ3v) is 3.36. The molecule has 0 spiro atoms. The Morgan fingerprint density at radius 3 is 2.58 bits per heavy atom. The lowest BCUT2D eigenvalue weighted by Gasteiger charge is -2.38. The Kier molecular flexibility index (Phi) is 3.95. The van der Waals surface area contributed by atoms with Crippen molar-refractivity contribution in [1.82, 2.24) is 0 Å². The Balaban J connectivity index is 2.43. The van der Waals surface area contributed by atoms with Gasteiger partial charge in [0.05, 0.1) is 17.9 Å². The summed E-state index contributed by atoms with van der Waals surface area (Å²) in [6.45, 7) is 7.77. The fraction of sp³-hybridized carbons (Fsp3) is 0.500. The van der Waals surface area contributed by atoms with Crippen molar-refractivity contribution in [1.29, 1.82) is 0 Å². The van der Waals surface area contributed by atoms with Crippen LogP contribution in [0.3, 0.4) is 0 Å². The molecule has 1 saturated heterocycles. The van der Waals surface area contributed by atoms with Gasteiger partial charge in [0.1, 0.15) is 0 Å². The number of nitrogens with two attached hydrogens (primary N) is 1. The quantitative estimate of drug-likeness (QED) is 0.369. The minimum Gasteiger partial charge on any atom is -0.409 e. The summed E-state index contributed by atoms with van der Waals surface area (Å²) in [7, 11) is 0. The largest absolute Gasteiger partial charge is 0.409 e. The molecule has 2 atom stereocenters. The Bertz CT molecular complexity index is 478. The van der Waals surface area contributed by atoms with Crippen LogP contribution < -0.4 is 10.6 Å². The van der Waals surface area contributed by atoms with Gasteiger partial charge in [0.2, 0.25) is 0 Å². The van der Waals surface area contributed by atoms with Crippen LogP contribution in [0.2, 0.25) is 0 Å². The van der Waals surface area contributed by atoms with Crippen LogP contribution in [0.25, 0.3) is 0 Å². The van der Waals surface area contributed by atoms with E-state index in [-0.39, 0.29) is 18.0 Å². The average molecular weight is 263 g/mol. The van der Waals surface area contributed by atoms with Crippen molar-refractivity contribution >= 4 is 11.5 Å². The normalized spacial score (nSPS) is 24.6. The summed E-state index contributed by atoms with van der Waals surface area (Å²) >= 11 is 0. The second-order valence-corrected chi connectivity index (χ2v) is 5.12. The highest BCUT2D eigenvalue weighted by Gasteiger charge is 2.25. The minimum atomic E-state index is 0.144. The lowest BCUT2D eigenvalue weighted by molar-refractivity contribution is -0.00525. The Morgan fingerprint density at radius 2 is 2.00 bits per heavy atom. The molecule has 19 heavy (non-hydrogen) atoms. The van der Waals surface area contributed by atoms with E-state index in [9.17, 15) is 0 Å². The number of anilines is 1. The van der Waals surface area contributed by atoms with E-state index in [0.29, 0.717) is 0 Å². The van der Waals surface area contributed by atoms with Gasteiger partial charge in [-0.25, -0.2) is 0 Å². The Labute approximate surface area is 113 Å². The van der Waals surface area contributed by atoms with Gasteiger partial charge in [-0.3, -0.25) is 0 Å². The molecule has 0 radical (unpaired) electrons. The van der Waals surface area contributed by atoms with Gasteiger partial charge in [-0.05, 0) is 32.4 Å². The SMILES string of the molecule is Cc1cccc(/C(N)=N/O)c1N1C[C@@H](C)O[C@@H](C)C1. The number of hydrogen-bond donors (Lipinski definition) is 2. The fourth-order valence-corrected chi connectivity index (χ4v) is 2.70. The fourth-order valence-electron chi connectivity index (χ4n) is 2.70. The molecule has 1 aromatic rings. The van der Waals surface area contributed by atoms with E-state index >= 15 is 0 Å². The zero-order valence-corrected chi connectivity index (χ0v) is 11.6. The van der Waals surface area contributed by atoms with Crippen molar-refractivity contribution in [3.8, 4) is 0 Å². The number of rotatable bonds is 2. The molecule has 1 aromatic carbocycles. The second kappa shape index (κ2) is 5.48. The van der Waals surface area contributed by atoms with Gasteiger partial charge in [-0.15, -0.1) is 0 Å². The predicted octanol–water partition coefficient (Wildman–Crippen LogP) is 1.70. The van der Waals surface area contributed by atoms with E-state index < -0.39 is 0 Å². The molecule has 104 valence electrons. The van der Waals surface area contributed by atoms with Crippen molar-refractivity contribution in [2.75, 3.05) is 18.0 Å². The molecule has 0 amide bonds. The van der Waals surface area contributed by atoms with Crippen LogP contribution in [0.4, 0.5) is 5.69 Å². The molecule has 3 N–H and O–H groups in total. The summed E-state index contributed by atoms with van der Waals surface area (Å²) in [5.41, 5.74) is 8.69. The molecule has 1 heterocycles. The van der Waals surface area contributed by atoms with Crippen molar-refractivity contribution < 1.29 is 9.94 Å². The van der Waals surface area contributed by atoms with Crippen molar-refractivity contribution in [2.45, 2.75) is 33.0 Å². The molecule has 0 aromatic heterocycles. The van der Waals surface area contributed by atoms with Crippen molar-refractivity contribution in [2.24, 2.45) is 10.9 Å². The highest BCUT2D eigenvalue weighted by Crippen LogP contribution is 2.28. The topological polar surface area (TPSA) is 71.1 Å². The summed E-state index contributed by atoms with van der Waals surface area (Å²) in [6, 6.07) is 5.83. The first-order valence-corrected chi connectivity index (χ1v) is 6.50. The number of oxime groups is 1. The molecule has 1 fully saturated rings. The van der Waals surface area contributed by atoms with Gasteiger partial charge in [0.25, 0.3) is 0 Å². The van der Waals surface area contributed by atoms with E-state index in [1.165, 1.54) is 0 Å². The second-order valence-electron chi connectivity index (χ2n) is 5.12. The highest BCUT2D eigenvalue weighted by atomic mass is 16.5. The van der Waals surface area contributed by atoms with Crippen LogP contribution in [0.15, 0.2) is 23.4 Å². The molecule has 5 heteroatoms. The first kappa shape index (κ1) is 13.7. The Morgan fingerprint density at radius 1 is 1.37 bits per heavy atom. The summed E-state index contributed by atoms with van der Waals surface area (Å²) in [5.74, 6) is 0.144. The maximum absolute atomic E-state index is 8.93. The van der Waals surface area contributed by atoms with E-state index in [1.807, 2.05) is 25.1 Å². The number of morpholine rings is 1. The predicted molar refractivity (Wildman–Crippen MR) is 75.9 cm³/mol. The van der Waals surface area contributed by atoms with Gasteiger partial charge in [0, 0.05) is 18.7 Å². The highest BCUT2D eigenvalue weighted by molar-refractivity contribution is 6.02. The molecule has 5 nitrogen and oxygen atoms in total. The zero-order valence-electron chi connectivity index (χ0n) is 11.6. The molecule has 0 saturated carbocycles. The first-order valence-electron chi connectivity index (χ1n) is 6.50. The molecular weight excluding hydrogens is 242 g/mol. The lowest BCUT2D eigenvalue weighted by Crippen LogP contribution is -2.46. The van der Waals surface area contributed by atoms with Gasteiger partial charge < -0.3 is 20.6 Å². The number of nitrogens with zero attached hydrogens (tertiary/aromatic N) is 2. The third-order valence-electron chi connectivity index (χ3n) is 3.36. The summed E-state index contributed by atoms with van der Waals surface area (Å²) in [6.07, 6.45) is 0.340. The number of aryl methyl sites for hydroxylation is 1. The number of benzene rings is 1. The van der Waals surface area contributed by atoms with Crippen LogP contribution >= 0.6 is 0 Å². The molecule has 1 aliphatic heterocycles. The van der Waals surface area contributed by atoms with E-state index in [2.05, 4.69) is 23.9 Å². The van der Waals surface area contributed by atoms with Gasteiger partial charge in [-0.1, -0.05) is 17.3 Å². The molecule has 0 bridgehead atoms. The summed E-state index contributed by atoms with van der Waals surface area (Å²) in [5, 5.41) is 12.1. The van der Waals surface area contributed by atoms with Gasteiger partial charge >= 0.3 is 0 Å². The summed E-state index contributed by atoms with van der Waals surface area (Å²) in [4.78, 5) is 2.25. The van der Waals surface area contributed by atoms with Gasteiger partial charge in [0.15, 0.2) is 5.84 Å². The van der Waals surface area contributed by atoms with Crippen molar-refractivity contribution in [3.05, 3.63) is 29.3 Å². The number of amidine groups is 1. The van der Waals surface area contributed by atoms with Gasteiger partial charge in [-0.2, -0.15) is 0 Å². The number of para-hydroxylation sites is 1. The van der Waals surface area contributed by atoms with Crippen LogP contribution in [0.1, 0.15) is 25.0 Å². The van der Waals surface area contributed by atoms with Crippen molar-refractivity contribution in [3.63, 3.8) is 0 Å². The van der Waals surface area contributed by atoms with Crippen LogP contribution in [0, 0.1) is 6.92 Å². The van der Waals surface area contributed by atoms with E-state index in [0.717, 1.165) is 29.9 Å². The van der Waals surface area contributed by atoms with Crippen LogP contribution in [-0.2, 0) is 4.74 Å². The molecular formula is C14H21N3O2. The molecule has 2 rings (SSSR count). The maximum atomic E-state index is 8.93. The van der Waals surface area contributed by atoms with E-state index in [1.54, 1.807) is 0 Å². The Hall–Kier alpha value is -1.75. The molecule has 0 aliphatic carbocycles. The first-order chi connectivity index (χ1) is 9.02.